The molecule has 3 rings (SSSR count). The Morgan fingerprint density at radius 2 is 1.62 bits per heavy atom. The normalized spacial score (nSPS) is 10.5. The van der Waals surface area contributed by atoms with Gasteiger partial charge in [-0.05, 0) is 49.2 Å². The summed E-state index contributed by atoms with van der Waals surface area (Å²) in [6.07, 6.45) is 0. The van der Waals surface area contributed by atoms with Crippen LogP contribution in [0.4, 0.5) is 0 Å². The summed E-state index contributed by atoms with van der Waals surface area (Å²) in [6, 6.07) is 13.7. The van der Waals surface area contributed by atoms with Gasteiger partial charge in [-0.15, -0.1) is 12.4 Å². The highest BCUT2D eigenvalue weighted by Gasteiger charge is 2.13. The molecule has 1 heterocycles. The summed E-state index contributed by atoms with van der Waals surface area (Å²) in [6.45, 7) is 4.20. The second-order valence-electron chi connectivity index (χ2n) is 4.85. The number of nitrogens with zero attached hydrogens (tertiary/aromatic N) is 1. The predicted octanol–water partition coefficient (Wildman–Crippen LogP) is 6.25. The summed E-state index contributed by atoms with van der Waals surface area (Å²) in [7, 11) is 0. The smallest absolute Gasteiger partial charge is 0.0756 e. The number of para-hydroxylation sites is 1. The molecule has 1 nitrogen and oxygen atoms in total. The molecule has 0 bridgehead atoms. The number of hydrogen-bond donors (Lipinski definition) is 0. The Kier molecular flexibility index (Phi) is 4.77. The minimum absolute atomic E-state index is 0. The zero-order valence-corrected chi connectivity index (χ0v) is 14.0. The van der Waals surface area contributed by atoms with E-state index >= 15 is 0 Å². The number of halogens is 3. The van der Waals surface area contributed by atoms with Crippen LogP contribution in [0.15, 0.2) is 42.5 Å². The molecule has 0 aliphatic heterocycles. The third-order valence-electron chi connectivity index (χ3n) is 3.64. The highest BCUT2D eigenvalue weighted by molar-refractivity contribution is 6.36. The Bertz CT molecular complexity index is 812. The Labute approximate surface area is 140 Å². The zero-order chi connectivity index (χ0) is 14.3. The van der Waals surface area contributed by atoms with Gasteiger partial charge in [0.1, 0.15) is 0 Å². The molecular formula is C17H14Cl3N. The van der Waals surface area contributed by atoms with Gasteiger partial charge in [-0.2, -0.15) is 0 Å². The maximum absolute atomic E-state index is 6.32. The van der Waals surface area contributed by atoms with E-state index in [2.05, 4.69) is 19.9 Å². The van der Waals surface area contributed by atoms with Crippen molar-refractivity contribution in [1.82, 2.24) is 4.98 Å². The molecule has 0 fully saturated rings. The lowest BCUT2D eigenvalue weighted by atomic mass is 9.99. The van der Waals surface area contributed by atoms with Crippen LogP contribution in [0.2, 0.25) is 10.0 Å². The van der Waals surface area contributed by atoms with E-state index in [4.69, 9.17) is 28.2 Å². The summed E-state index contributed by atoms with van der Waals surface area (Å²) < 4.78 is 0. The maximum atomic E-state index is 6.32. The van der Waals surface area contributed by atoms with E-state index < -0.39 is 0 Å². The molecule has 3 aromatic rings. The topological polar surface area (TPSA) is 12.9 Å². The van der Waals surface area contributed by atoms with Crippen molar-refractivity contribution in [3.05, 3.63) is 63.6 Å². The van der Waals surface area contributed by atoms with Crippen LogP contribution in [-0.4, -0.2) is 4.98 Å². The largest absolute Gasteiger partial charge is 0.247 e. The number of aromatic nitrogens is 1. The number of hydrogen-bond acceptors (Lipinski definition) is 1. The molecule has 0 aliphatic rings. The molecule has 108 valence electrons. The van der Waals surface area contributed by atoms with Gasteiger partial charge in [0.25, 0.3) is 0 Å². The third kappa shape index (κ3) is 2.87. The molecule has 21 heavy (non-hydrogen) atoms. The molecule has 0 unspecified atom stereocenters. The van der Waals surface area contributed by atoms with Gasteiger partial charge in [-0.1, -0.05) is 41.4 Å². The van der Waals surface area contributed by atoms with Gasteiger partial charge in [0.15, 0.2) is 0 Å². The first-order valence-electron chi connectivity index (χ1n) is 6.39. The quantitative estimate of drug-likeness (QED) is 0.511. The van der Waals surface area contributed by atoms with Crippen molar-refractivity contribution in [2.75, 3.05) is 0 Å². The van der Waals surface area contributed by atoms with E-state index in [1.165, 1.54) is 10.9 Å². The van der Waals surface area contributed by atoms with Gasteiger partial charge >= 0.3 is 0 Å². The highest BCUT2D eigenvalue weighted by Crippen LogP contribution is 2.34. The summed E-state index contributed by atoms with van der Waals surface area (Å²) in [5.41, 5.74) is 5.20. The van der Waals surface area contributed by atoms with Gasteiger partial charge < -0.3 is 0 Å². The van der Waals surface area contributed by atoms with Crippen molar-refractivity contribution in [2.24, 2.45) is 0 Å². The Morgan fingerprint density at radius 3 is 2.33 bits per heavy atom. The van der Waals surface area contributed by atoms with Crippen molar-refractivity contribution < 1.29 is 0 Å². The fourth-order valence-electron chi connectivity index (χ4n) is 2.42. The van der Waals surface area contributed by atoms with E-state index in [1.807, 2.05) is 30.3 Å². The van der Waals surface area contributed by atoms with Gasteiger partial charge in [0, 0.05) is 16.0 Å². The van der Waals surface area contributed by atoms with Crippen LogP contribution in [0.25, 0.3) is 22.2 Å². The molecule has 0 amide bonds. The molecule has 4 heteroatoms. The minimum Gasteiger partial charge on any atom is -0.247 e. The standard InChI is InChI=1S/C17H13Cl2N.ClH/c1-10-11(2)17(14-8-7-12(18)9-15(14)19)20-16-6-4-3-5-13(10)16;/h3-9H,1-2H3;1H. The van der Waals surface area contributed by atoms with E-state index in [0.717, 1.165) is 22.3 Å². The van der Waals surface area contributed by atoms with Gasteiger partial charge in [-0.3, -0.25) is 0 Å². The first-order chi connectivity index (χ1) is 9.58. The Balaban J connectivity index is 0.00000161. The molecule has 2 aromatic carbocycles. The Morgan fingerprint density at radius 1 is 0.905 bits per heavy atom. The summed E-state index contributed by atoms with van der Waals surface area (Å²) in [4.78, 5) is 4.77. The molecular weight excluding hydrogens is 325 g/mol. The number of fused-ring (bicyclic) bond motifs is 1. The molecule has 0 saturated heterocycles. The van der Waals surface area contributed by atoms with Crippen LogP contribution < -0.4 is 0 Å². The van der Waals surface area contributed by atoms with Gasteiger partial charge in [0.05, 0.1) is 16.2 Å². The van der Waals surface area contributed by atoms with Crippen molar-refractivity contribution in [2.45, 2.75) is 13.8 Å². The molecule has 0 aliphatic carbocycles. The second-order valence-corrected chi connectivity index (χ2v) is 5.70. The van der Waals surface area contributed by atoms with E-state index in [9.17, 15) is 0 Å². The van der Waals surface area contributed by atoms with E-state index in [0.29, 0.717) is 10.0 Å². The molecule has 0 spiro atoms. The Hall–Kier alpha value is -1.28. The van der Waals surface area contributed by atoms with Crippen molar-refractivity contribution in [3.8, 4) is 11.3 Å². The first kappa shape index (κ1) is 16.1. The molecule has 1 aromatic heterocycles. The molecule has 0 N–H and O–H groups in total. The lowest BCUT2D eigenvalue weighted by Crippen LogP contribution is -1.95. The van der Waals surface area contributed by atoms with Crippen LogP contribution >= 0.6 is 35.6 Å². The average molecular weight is 339 g/mol. The number of aryl methyl sites for hydroxylation is 1. The molecule has 0 radical (unpaired) electrons. The van der Waals surface area contributed by atoms with Crippen molar-refractivity contribution in [3.63, 3.8) is 0 Å². The molecule has 0 saturated carbocycles. The van der Waals surface area contributed by atoms with Crippen LogP contribution in [0.1, 0.15) is 11.1 Å². The van der Waals surface area contributed by atoms with Crippen LogP contribution in [0.5, 0.6) is 0 Å². The van der Waals surface area contributed by atoms with E-state index in [-0.39, 0.29) is 12.4 Å². The SMILES string of the molecule is Cc1c(-c2ccc(Cl)cc2Cl)nc2ccccc2c1C.Cl. The average Bonchev–Trinajstić information content (AvgIpc) is 2.43. The lowest BCUT2D eigenvalue weighted by Gasteiger charge is -2.13. The maximum Gasteiger partial charge on any atom is 0.0756 e. The van der Waals surface area contributed by atoms with Crippen LogP contribution in [0.3, 0.4) is 0 Å². The lowest BCUT2D eigenvalue weighted by molar-refractivity contribution is 1.28. The predicted molar refractivity (Wildman–Crippen MR) is 93.9 cm³/mol. The van der Waals surface area contributed by atoms with Crippen molar-refractivity contribution >= 4 is 46.5 Å². The first-order valence-corrected chi connectivity index (χ1v) is 7.15. The second kappa shape index (κ2) is 6.23. The zero-order valence-electron chi connectivity index (χ0n) is 11.7. The minimum atomic E-state index is 0. The fraction of sp³-hybridized carbons (Fsp3) is 0.118. The van der Waals surface area contributed by atoms with Crippen LogP contribution in [0, 0.1) is 13.8 Å². The van der Waals surface area contributed by atoms with Crippen LogP contribution in [-0.2, 0) is 0 Å². The van der Waals surface area contributed by atoms with Crippen molar-refractivity contribution in [1.29, 1.82) is 0 Å². The highest BCUT2D eigenvalue weighted by atomic mass is 35.5. The fourth-order valence-corrected chi connectivity index (χ4v) is 2.91. The molecule has 0 atom stereocenters. The van der Waals surface area contributed by atoms with Gasteiger partial charge in [0.2, 0.25) is 0 Å². The van der Waals surface area contributed by atoms with Gasteiger partial charge in [-0.25, -0.2) is 4.98 Å². The summed E-state index contributed by atoms with van der Waals surface area (Å²) in [5, 5.41) is 2.44. The summed E-state index contributed by atoms with van der Waals surface area (Å²) >= 11 is 12.3. The summed E-state index contributed by atoms with van der Waals surface area (Å²) in [5.74, 6) is 0. The number of rotatable bonds is 1. The number of pyridine rings is 1. The third-order valence-corrected chi connectivity index (χ3v) is 4.19. The van der Waals surface area contributed by atoms with E-state index in [1.54, 1.807) is 6.07 Å². The number of benzene rings is 2. The monoisotopic (exact) mass is 337 g/mol.